The van der Waals surface area contributed by atoms with Gasteiger partial charge in [-0.15, -0.1) is 0 Å². The molecule has 1 N–H and O–H groups in total. The van der Waals surface area contributed by atoms with Crippen molar-refractivity contribution in [3.63, 3.8) is 0 Å². The fourth-order valence-electron chi connectivity index (χ4n) is 2.33. The van der Waals surface area contributed by atoms with Crippen LogP contribution in [-0.2, 0) is 9.53 Å². The molecule has 0 heterocycles. The van der Waals surface area contributed by atoms with Crippen molar-refractivity contribution < 1.29 is 13.9 Å². The molecular weight excluding hydrogens is 271 g/mol. The molecule has 5 heteroatoms. The Hall–Kier alpha value is -1.62. The van der Waals surface area contributed by atoms with Crippen LogP contribution in [-0.4, -0.2) is 38.8 Å². The van der Waals surface area contributed by atoms with Crippen LogP contribution in [0.1, 0.15) is 26.7 Å². The molecule has 1 aromatic carbocycles. The Morgan fingerprint density at radius 2 is 2.10 bits per heavy atom. The van der Waals surface area contributed by atoms with E-state index in [2.05, 4.69) is 5.32 Å². The highest BCUT2D eigenvalue weighted by Gasteiger charge is 2.31. The SMILES string of the molecule is CCN(CCCC(C)(NC)C(=O)OC)c1ccccc1F. The summed E-state index contributed by atoms with van der Waals surface area (Å²) >= 11 is 0. The van der Waals surface area contributed by atoms with Gasteiger partial charge in [0.1, 0.15) is 11.4 Å². The van der Waals surface area contributed by atoms with Crippen molar-refractivity contribution >= 4 is 11.7 Å². The second-order valence-corrected chi connectivity index (χ2v) is 5.21. The van der Waals surface area contributed by atoms with Crippen molar-refractivity contribution in [2.45, 2.75) is 32.2 Å². The summed E-state index contributed by atoms with van der Waals surface area (Å²) in [6.07, 6.45) is 1.38. The first-order valence-corrected chi connectivity index (χ1v) is 7.25. The van der Waals surface area contributed by atoms with Crippen LogP contribution in [0.5, 0.6) is 0 Å². The summed E-state index contributed by atoms with van der Waals surface area (Å²) < 4.78 is 18.6. The Bertz CT molecular complexity index is 467. The minimum absolute atomic E-state index is 0.219. The number of halogens is 1. The summed E-state index contributed by atoms with van der Waals surface area (Å²) in [7, 11) is 3.13. The summed E-state index contributed by atoms with van der Waals surface area (Å²) in [5, 5.41) is 3.00. The standard InChI is InChI=1S/C16H25FN2O2/c1-5-19(14-10-7-6-9-13(14)17)12-8-11-16(2,18-3)15(20)21-4/h6-7,9-10,18H,5,8,11-12H2,1-4H3. The van der Waals surface area contributed by atoms with Crippen LogP contribution in [0.4, 0.5) is 10.1 Å². The molecule has 0 spiro atoms. The quantitative estimate of drug-likeness (QED) is 0.749. The predicted octanol–water partition coefficient (Wildman–Crippen LogP) is 2.58. The van der Waals surface area contributed by atoms with Gasteiger partial charge in [-0.2, -0.15) is 0 Å². The van der Waals surface area contributed by atoms with E-state index in [-0.39, 0.29) is 11.8 Å². The molecule has 1 rings (SSSR count). The van der Waals surface area contributed by atoms with E-state index in [0.29, 0.717) is 18.7 Å². The molecule has 0 amide bonds. The first-order chi connectivity index (χ1) is 9.98. The number of likely N-dealkylation sites (N-methyl/N-ethyl adjacent to an activating group) is 1. The Balaban J connectivity index is 2.64. The van der Waals surface area contributed by atoms with Gasteiger partial charge >= 0.3 is 5.97 Å². The van der Waals surface area contributed by atoms with Crippen molar-refractivity contribution in [3.8, 4) is 0 Å². The van der Waals surface area contributed by atoms with E-state index in [9.17, 15) is 9.18 Å². The number of carbonyl (C=O) groups excluding carboxylic acids is 1. The van der Waals surface area contributed by atoms with Gasteiger partial charge in [-0.3, -0.25) is 4.79 Å². The number of hydrogen-bond donors (Lipinski definition) is 1. The molecule has 0 aliphatic rings. The molecule has 0 fully saturated rings. The highest BCUT2D eigenvalue weighted by atomic mass is 19.1. The molecule has 0 aliphatic carbocycles. The monoisotopic (exact) mass is 296 g/mol. The molecule has 0 bridgehead atoms. The van der Waals surface area contributed by atoms with E-state index >= 15 is 0 Å². The Morgan fingerprint density at radius 3 is 2.62 bits per heavy atom. The van der Waals surface area contributed by atoms with Crippen LogP contribution in [0.2, 0.25) is 0 Å². The summed E-state index contributed by atoms with van der Waals surface area (Å²) in [6, 6.07) is 6.75. The lowest BCUT2D eigenvalue weighted by Crippen LogP contribution is -2.48. The van der Waals surface area contributed by atoms with Gasteiger partial charge in [-0.05, 0) is 45.9 Å². The number of hydrogen-bond acceptors (Lipinski definition) is 4. The molecule has 0 saturated heterocycles. The molecule has 0 saturated carbocycles. The highest BCUT2D eigenvalue weighted by molar-refractivity contribution is 5.80. The molecule has 1 aromatic rings. The van der Waals surface area contributed by atoms with E-state index in [4.69, 9.17) is 4.74 Å². The number of benzene rings is 1. The van der Waals surface area contributed by atoms with Crippen LogP contribution in [0.15, 0.2) is 24.3 Å². The average molecular weight is 296 g/mol. The van der Waals surface area contributed by atoms with Gasteiger partial charge in [0, 0.05) is 13.1 Å². The summed E-state index contributed by atoms with van der Waals surface area (Å²) in [5.41, 5.74) is -0.104. The van der Waals surface area contributed by atoms with Crippen LogP contribution in [0.3, 0.4) is 0 Å². The van der Waals surface area contributed by atoms with Crippen LogP contribution in [0.25, 0.3) is 0 Å². The number of carbonyl (C=O) groups is 1. The zero-order valence-electron chi connectivity index (χ0n) is 13.3. The lowest BCUT2D eigenvalue weighted by atomic mass is 9.96. The molecule has 0 aliphatic heterocycles. The van der Waals surface area contributed by atoms with Gasteiger partial charge in [-0.25, -0.2) is 4.39 Å². The van der Waals surface area contributed by atoms with Crippen molar-refractivity contribution in [2.24, 2.45) is 0 Å². The molecule has 118 valence electrons. The number of rotatable bonds is 8. The number of ether oxygens (including phenoxy) is 1. The number of esters is 1. The molecule has 4 nitrogen and oxygen atoms in total. The van der Waals surface area contributed by atoms with Gasteiger partial charge in [0.15, 0.2) is 0 Å². The molecular formula is C16H25FN2O2. The topological polar surface area (TPSA) is 41.6 Å². The van der Waals surface area contributed by atoms with E-state index in [1.165, 1.54) is 13.2 Å². The van der Waals surface area contributed by atoms with E-state index in [0.717, 1.165) is 13.0 Å². The minimum atomic E-state index is -0.705. The van der Waals surface area contributed by atoms with Gasteiger partial charge in [-0.1, -0.05) is 12.1 Å². The van der Waals surface area contributed by atoms with Crippen LogP contribution in [0, 0.1) is 5.82 Å². The van der Waals surface area contributed by atoms with Crippen molar-refractivity contribution in [1.29, 1.82) is 0 Å². The maximum Gasteiger partial charge on any atom is 0.325 e. The molecule has 0 radical (unpaired) electrons. The zero-order chi connectivity index (χ0) is 15.9. The minimum Gasteiger partial charge on any atom is -0.468 e. The third kappa shape index (κ3) is 4.43. The van der Waals surface area contributed by atoms with Gasteiger partial charge in [0.05, 0.1) is 12.8 Å². The fourth-order valence-corrected chi connectivity index (χ4v) is 2.33. The Morgan fingerprint density at radius 1 is 1.43 bits per heavy atom. The molecule has 1 atom stereocenters. The maximum absolute atomic E-state index is 13.8. The predicted molar refractivity (Wildman–Crippen MR) is 83.0 cm³/mol. The second kappa shape index (κ2) is 7.98. The average Bonchev–Trinajstić information content (AvgIpc) is 2.51. The van der Waals surface area contributed by atoms with E-state index in [1.54, 1.807) is 19.2 Å². The smallest absolute Gasteiger partial charge is 0.325 e. The fraction of sp³-hybridized carbons (Fsp3) is 0.562. The van der Waals surface area contributed by atoms with Crippen molar-refractivity contribution in [3.05, 3.63) is 30.1 Å². The van der Waals surface area contributed by atoms with E-state index in [1.807, 2.05) is 24.8 Å². The first-order valence-electron chi connectivity index (χ1n) is 7.25. The molecule has 0 aromatic heterocycles. The van der Waals surface area contributed by atoms with E-state index < -0.39 is 5.54 Å². The normalized spacial score (nSPS) is 13.6. The summed E-state index contributed by atoms with van der Waals surface area (Å²) in [6.45, 7) is 5.21. The summed E-state index contributed by atoms with van der Waals surface area (Å²) in [4.78, 5) is 13.8. The van der Waals surface area contributed by atoms with Gasteiger partial charge in [0.2, 0.25) is 0 Å². The van der Waals surface area contributed by atoms with Gasteiger partial charge in [0.25, 0.3) is 0 Å². The number of methoxy groups -OCH3 is 1. The zero-order valence-corrected chi connectivity index (χ0v) is 13.3. The number of para-hydroxylation sites is 1. The third-order valence-corrected chi connectivity index (χ3v) is 3.87. The first kappa shape index (κ1) is 17.4. The Labute approximate surface area is 126 Å². The highest BCUT2D eigenvalue weighted by Crippen LogP contribution is 2.20. The number of anilines is 1. The van der Waals surface area contributed by atoms with Crippen LogP contribution >= 0.6 is 0 Å². The van der Waals surface area contributed by atoms with Gasteiger partial charge < -0.3 is 15.0 Å². The maximum atomic E-state index is 13.8. The lowest BCUT2D eigenvalue weighted by Gasteiger charge is -2.28. The third-order valence-electron chi connectivity index (χ3n) is 3.87. The number of nitrogens with one attached hydrogen (secondary N) is 1. The molecule has 21 heavy (non-hydrogen) atoms. The molecule has 1 unspecified atom stereocenters. The van der Waals surface area contributed by atoms with Crippen LogP contribution < -0.4 is 10.2 Å². The number of nitrogens with zero attached hydrogens (tertiary/aromatic N) is 1. The van der Waals surface area contributed by atoms with Crippen molar-refractivity contribution in [1.82, 2.24) is 5.32 Å². The lowest BCUT2D eigenvalue weighted by molar-refractivity contribution is -0.148. The second-order valence-electron chi connectivity index (χ2n) is 5.21. The Kier molecular flexibility index (Phi) is 6.62. The summed E-state index contributed by atoms with van der Waals surface area (Å²) in [5.74, 6) is -0.498. The van der Waals surface area contributed by atoms with Crippen molar-refractivity contribution in [2.75, 3.05) is 32.1 Å². The largest absolute Gasteiger partial charge is 0.468 e.